The topological polar surface area (TPSA) is 57.8 Å². The Morgan fingerprint density at radius 1 is 1.14 bits per heavy atom. The Bertz CT molecular complexity index is 847. The maximum absolute atomic E-state index is 13.1. The van der Waals surface area contributed by atoms with Crippen molar-refractivity contribution in [1.29, 1.82) is 0 Å². The number of amides is 1. The molecule has 4 nitrogen and oxygen atoms in total. The number of nitrogens with zero attached hydrogens (tertiary/aromatic N) is 1. The number of rotatable bonds is 2. The third kappa shape index (κ3) is 2.71. The van der Waals surface area contributed by atoms with Gasteiger partial charge in [0.2, 0.25) is 0 Å². The van der Waals surface area contributed by atoms with Gasteiger partial charge in [-0.15, -0.1) is 0 Å². The Morgan fingerprint density at radius 3 is 2.71 bits per heavy atom. The van der Waals surface area contributed by atoms with Gasteiger partial charge in [-0.25, -0.2) is 13.8 Å². The number of pyridine rings is 1. The molecule has 2 heterocycles. The van der Waals surface area contributed by atoms with Crippen LogP contribution >= 0.6 is 11.6 Å². The van der Waals surface area contributed by atoms with E-state index in [1.54, 1.807) is 18.2 Å². The molecule has 0 radical (unpaired) electrons. The fourth-order valence-corrected chi connectivity index (χ4v) is 2.02. The van der Waals surface area contributed by atoms with Crippen LogP contribution < -0.4 is 5.32 Å². The highest BCUT2D eigenvalue weighted by Gasteiger charge is 2.12. The highest BCUT2D eigenvalue weighted by atomic mass is 35.5. The van der Waals surface area contributed by atoms with Crippen LogP contribution in [0.15, 0.2) is 36.4 Å². The number of H-pyrrole nitrogens is 1. The highest BCUT2D eigenvalue weighted by molar-refractivity contribution is 6.29. The Morgan fingerprint density at radius 2 is 1.95 bits per heavy atom. The largest absolute Gasteiger partial charge is 0.335 e. The van der Waals surface area contributed by atoms with Crippen LogP contribution in [0.3, 0.4) is 0 Å². The molecule has 2 aromatic heterocycles. The fourth-order valence-electron chi connectivity index (χ4n) is 1.88. The lowest BCUT2D eigenvalue weighted by atomic mass is 10.2. The first kappa shape index (κ1) is 13.5. The number of anilines is 1. The van der Waals surface area contributed by atoms with Crippen LogP contribution in [0.4, 0.5) is 14.5 Å². The van der Waals surface area contributed by atoms with E-state index in [2.05, 4.69) is 15.3 Å². The van der Waals surface area contributed by atoms with Crippen molar-refractivity contribution in [3.05, 3.63) is 58.9 Å². The molecule has 3 aromatic rings. The molecule has 0 bridgehead atoms. The molecular formula is C14H8ClF2N3O. The molecule has 2 N–H and O–H groups in total. The maximum atomic E-state index is 13.1. The van der Waals surface area contributed by atoms with Crippen LogP contribution in [0.5, 0.6) is 0 Å². The van der Waals surface area contributed by atoms with E-state index >= 15 is 0 Å². The number of carbonyl (C=O) groups is 1. The average Bonchev–Trinajstić information content (AvgIpc) is 2.86. The lowest BCUT2D eigenvalue weighted by Crippen LogP contribution is -2.12. The van der Waals surface area contributed by atoms with Gasteiger partial charge in [0.25, 0.3) is 5.91 Å². The van der Waals surface area contributed by atoms with Crippen LogP contribution in [0.25, 0.3) is 11.0 Å². The van der Waals surface area contributed by atoms with Crippen LogP contribution in [0.2, 0.25) is 5.15 Å². The van der Waals surface area contributed by atoms with E-state index in [0.29, 0.717) is 10.8 Å². The van der Waals surface area contributed by atoms with E-state index < -0.39 is 17.5 Å². The minimum atomic E-state index is -1.03. The van der Waals surface area contributed by atoms with Crippen molar-refractivity contribution in [1.82, 2.24) is 9.97 Å². The minimum Gasteiger partial charge on any atom is -0.335 e. The number of fused-ring (bicyclic) bond motifs is 1. The van der Waals surface area contributed by atoms with E-state index in [4.69, 9.17) is 11.6 Å². The molecule has 1 amide bonds. The van der Waals surface area contributed by atoms with Gasteiger partial charge in [-0.05, 0) is 30.3 Å². The number of benzene rings is 1. The molecule has 7 heteroatoms. The second-order valence-corrected chi connectivity index (χ2v) is 4.73. The lowest BCUT2D eigenvalue weighted by Gasteiger charge is -2.03. The minimum absolute atomic E-state index is 0.156. The first-order valence-corrected chi connectivity index (χ1v) is 6.32. The van der Waals surface area contributed by atoms with Crippen molar-refractivity contribution in [2.45, 2.75) is 0 Å². The number of halogens is 3. The van der Waals surface area contributed by atoms with Gasteiger partial charge in [0.05, 0.1) is 0 Å². The number of aromatic nitrogens is 2. The van der Waals surface area contributed by atoms with Gasteiger partial charge in [-0.1, -0.05) is 11.6 Å². The Hall–Kier alpha value is -2.47. The highest BCUT2D eigenvalue weighted by Crippen LogP contribution is 2.18. The Kier molecular flexibility index (Phi) is 3.31. The molecule has 3 rings (SSSR count). The first-order valence-electron chi connectivity index (χ1n) is 5.94. The second-order valence-electron chi connectivity index (χ2n) is 4.34. The van der Waals surface area contributed by atoms with Crippen LogP contribution in [0.1, 0.15) is 10.5 Å². The zero-order valence-electron chi connectivity index (χ0n) is 10.5. The Labute approximate surface area is 122 Å². The molecule has 0 spiro atoms. The van der Waals surface area contributed by atoms with Gasteiger partial charge < -0.3 is 10.3 Å². The molecule has 1 aromatic carbocycles. The number of nitrogens with one attached hydrogen (secondary N) is 2. The summed E-state index contributed by atoms with van der Waals surface area (Å²) in [5.74, 6) is -2.49. The summed E-state index contributed by atoms with van der Waals surface area (Å²) in [5.41, 5.74) is 0.867. The molecule has 0 atom stereocenters. The molecule has 0 saturated carbocycles. The number of hydrogen-bond acceptors (Lipinski definition) is 2. The van der Waals surface area contributed by atoms with E-state index in [-0.39, 0.29) is 11.4 Å². The summed E-state index contributed by atoms with van der Waals surface area (Å²) in [6, 6.07) is 8.04. The summed E-state index contributed by atoms with van der Waals surface area (Å²) in [6.45, 7) is 0. The van der Waals surface area contributed by atoms with Crippen molar-refractivity contribution in [3.8, 4) is 0 Å². The maximum Gasteiger partial charge on any atom is 0.272 e. The van der Waals surface area contributed by atoms with E-state index in [0.717, 1.165) is 17.5 Å². The second kappa shape index (κ2) is 5.14. The molecule has 106 valence electrons. The van der Waals surface area contributed by atoms with Gasteiger partial charge in [0, 0.05) is 17.1 Å². The van der Waals surface area contributed by atoms with Crippen LogP contribution in [-0.2, 0) is 0 Å². The number of hydrogen-bond donors (Lipinski definition) is 2. The Balaban J connectivity index is 1.87. The van der Waals surface area contributed by atoms with Crippen molar-refractivity contribution in [2.24, 2.45) is 0 Å². The normalized spacial score (nSPS) is 10.8. The van der Waals surface area contributed by atoms with Crippen molar-refractivity contribution in [2.75, 3.05) is 5.32 Å². The summed E-state index contributed by atoms with van der Waals surface area (Å²) in [4.78, 5) is 18.9. The molecule has 0 aliphatic heterocycles. The van der Waals surface area contributed by atoms with E-state index in [1.165, 1.54) is 6.07 Å². The number of aromatic amines is 1. The third-order valence-corrected chi connectivity index (χ3v) is 3.08. The first-order chi connectivity index (χ1) is 10.0. The van der Waals surface area contributed by atoms with Gasteiger partial charge in [-0.3, -0.25) is 4.79 Å². The monoisotopic (exact) mass is 307 g/mol. The van der Waals surface area contributed by atoms with E-state index in [9.17, 15) is 13.6 Å². The van der Waals surface area contributed by atoms with Crippen molar-refractivity contribution < 1.29 is 13.6 Å². The van der Waals surface area contributed by atoms with Crippen LogP contribution in [-0.4, -0.2) is 15.9 Å². The summed E-state index contributed by atoms with van der Waals surface area (Å²) in [6.07, 6.45) is 0. The zero-order valence-corrected chi connectivity index (χ0v) is 11.2. The van der Waals surface area contributed by atoms with E-state index in [1.807, 2.05) is 0 Å². The van der Waals surface area contributed by atoms with Gasteiger partial charge >= 0.3 is 0 Å². The predicted molar refractivity (Wildman–Crippen MR) is 75.4 cm³/mol. The molecule has 21 heavy (non-hydrogen) atoms. The average molecular weight is 308 g/mol. The number of carbonyl (C=O) groups excluding carboxylic acids is 1. The standard InChI is InChI=1S/C14H8ClF2N3O/c15-12-4-1-7-5-11(19-13(7)20-12)14(21)18-8-2-3-9(16)10(17)6-8/h1-6H,(H,18,21)(H,19,20). The fraction of sp³-hybridized carbons (Fsp3) is 0. The summed E-state index contributed by atoms with van der Waals surface area (Å²) >= 11 is 5.76. The molecule has 0 aliphatic carbocycles. The summed E-state index contributed by atoms with van der Waals surface area (Å²) in [7, 11) is 0. The smallest absolute Gasteiger partial charge is 0.272 e. The lowest BCUT2D eigenvalue weighted by molar-refractivity contribution is 0.102. The molecule has 0 fully saturated rings. The zero-order chi connectivity index (χ0) is 15.0. The van der Waals surface area contributed by atoms with Crippen molar-refractivity contribution >= 4 is 34.2 Å². The van der Waals surface area contributed by atoms with Gasteiger partial charge in [-0.2, -0.15) is 0 Å². The summed E-state index contributed by atoms with van der Waals surface area (Å²) in [5, 5.41) is 3.48. The van der Waals surface area contributed by atoms with Gasteiger partial charge in [0.15, 0.2) is 11.6 Å². The third-order valence-electron chi connectivity index (χ3n) is 2.87. The molecule has 0 unspecified atom stereocenters. The predicted octanol–water partition coefficient (Wildman–Crippen LogP) is 3.75. The van der Waals surface area contributed by atoms with Gasteiger partial charge in [0.1, 0.15) is 16.5 Å². The quantitative estimate of drug-likeness (QED) is 0.708. The summed E-state index contributed by atoms with van der Waals surface area (Å²) < 4.78 is 25.9. The molecule has 0 saturated heterocycles. The molecule has 0 aliphatic rings. The SMILES string of the molecule is O=C(Nc1ccc(F)c(F)c1)c1cc2ccc(Cl)nc2[nH]1. The van der Waals surface area contributed by atoms with Crippen molar-refractivity contribution in [3.63, 3.8) is 0 Å². The van der Waals surface area contributed by atoms with Crippen LogP contribution in [0, 0.1) is 11.6 Å². The molecular weight excluding hydrogens is 300 g/mol.